The summed E-state index contributed by atoms with van der Waals surface area (Å²) in [5, 5.41) is 0. The van der Waals surface area contributed by atoms with Crippen LogP contribution in [0.4, 0.5) is 23.2 Å². The van der Waals surface area contributed by atoms with Gasteiger partial charge in [-0.2, -0.15) is 13.2 Å². The molecule has 1 aromatic heterocycles. The van der Waals surface area contributed by atoms with Gasteiger partial charge in [0.2, 0.25) is 0 Å². The molecule has 26 heavy (non-hydrogen) atoms. The summed E-state index contributed by atoms with van der Waals surface area (Å²) in [6.45, 7) is 0. The van der Waals surface area contributed by atoms with E-state index in [9.17, 15) is 17.6 Å². The molecule has 4 nitrogen and oxygen atoms in total. The predicted octanol–water partition coefficient (Wildman–Crippen LogP) is 4.56. The van der Waals surface area contributed by atoms with Gasteiger partial charge in [-0.25, -0.2) is 14.4 Å². The molecule has 134 valence electrons. The Labute approximate surface area is 146 Å². The first-order valence-electron chi connectivity index (χ1n) is 7.43. The van der Waals surface area contributed by atoms with E-state index in [1.165, 1.54) is 13.4 Å². The fraction of sp³-hybridized carbons (Fsp3) is 0.111. The fourth-order valence-electron chi connectivity index (χ4n) is 2.47. The maximum atomic E-state index is 14.2. The van der Waals surface area contributed by atoms with Crippen LogP contribution >= 0.6 is 0 Å². The Morgan fingerprint density at radius 3 is 2.19 bits per heavy atom. The minimum absolute atomic E-state index is 0.0250. The zero-order chi connectivity index (χ0) is 18.9. The van der Waals surface area contributed by atoms with Crippen LogP contribution in [0.15, 0.2) is 48.8 Å². The van der Waals surface area contributed by atoms with Crippen molar-refractivity contribution >= 4 is 5.69 Å². The number of nitrogen functional groups attached to an aromatic ring is 1. The zero-order valence-corrected chi connectivity index (χ0v) is 13.5. The quantitative estimate of drug-likeness (QED) is 0.693. The fourth-order valence-corrected chi connectivity index (χ4v) is 2.47. The van der Waals surface area contributed by atoms with Crippen molar-refractivity contribution in [2.24, 2.45) is 0 Å². The number of nitrogens with two attached hydrogens (primary N) is 1. The summed E-state index contributed by atoms with van der Waals surface area (Å²) in [5.41, 5.74) is 5.93. The molecule has 0 aliphatic heterocycles. The summed E-state index contributed by atoms with van der Waals surface area (Å²) < 4.78 is 57.4. The SMILES string of the molecule is COc1ccc(-c2ncnc(-c3ccc(C(F)(F)F)cc3F)c2N)cc1. The third-order valence-corrected chi connectivity index (χ3v) is 3.80. The highest BCUT2D eigenvalue weighted by Gasteiger charge is 2.31. The number of nitrogens with zero attached hydrogens (tertiary/aromatic N) is 2. The lowest BCUT2D eigenvalue weighted by molar-refractivity contribution is -0.137. The lowest BCUT2D eigenvalue weighted by Gasteiger charge is -2.12. The van der Waals surface area contributed by atoms with Crippen LogP contribution in [0.3, 0.4) is 0 Å². The van der Waals surface area contributed by atoms with Gasteiger partial charge in [0.1, 0.15) is 23.6 Å². The van der Waals surface area contributed by atoms with Gasteiger partial charge in [0.05, 0.1) is 24.1 Å². The van der Waals surface area contributed by atoms with Gasteiger partial charge in [0.15, 0.2) is 0 Å². The van der Waals surface area contributed by atoms with Gasteiger partial charge in [-0.3, -0.25) is 0 Å². The maximum Gasteiger partial charge on any atom is 0.416 e. The van der Waals surface area contributed by atoms with Gasteiger partial charge in [-0.05, 0) is 42.5 Å². The van der Waals surface area contributed by atoms with E-state index in [-0.39, 0.29) is 16.9 Å². The average molecular weight is 363 g/mol. The molecule has 0 radical (unpaired) electrons. The van der Waals surface area contributed by atoms with Gasteiger partial charge >= 0.3 is 6.18 Å². The molecule has 2 aromatic carbocycles. The molecule has 0 aliphatic rings. The van der Waals surface area contributed by atoms with E-state index >= 15 is 0 Å². The number of anilines is 1. The molecule has 3 rings (SSSR count). The van der Waals surface area contributed by atoms with Crippen molar-refractivity contribution in [1.29, 1.82) is 0 Å². The number of rotatable bonds is 3. The van der Waals surface area contributed by atoms with Gasteiger partial charge in [-0.15, -0.1) is 0 Å². The van der Waals surface area contributed by atoms with Crippen LogP contribution in [-0.4, -0.2) is 17.1 Å². The van der Waals surface area contributed by atoms with E-state index in [0.29, 0.717) is 23.1 Å². The first-order chi connectivity index (χ1) is 12.3. The lowest BCUT2D eigenvalue weighted by atomic mass is 10.0. The Morgan fingerprint density at radius 2 is 1.62 bits per heavy atom. The van der Waals surface area contributed by atoms with E-state index in [1.807, 2.05) is 0 Å². The number of alkyl halides is 3. The molecular formula is C18H13F4N3O. The Hall–Kier alpha value is -3.16. The highest BCUT2D eigenvalue weighted by atomic mass is 19.4. The Bertz CT molecular complexity index is 940. The van der Waals surface area contributed by atoms with Crippen LogP contribution in [0.25, 0.3) is 22.5 Å². The zero-order valence-electron chi connectivity index (χ0n) is 13.5. The normalized spacial score (nSPS) is 11.4. The monoisotopic (exact) mass is 363 g/mol. The average Bonchev–Trinajstić information content (AvgIpc) is 2.61. The Kier molecular flexibility index (Phi) is 4.50. The van der Waals surface area contributed by atoms with Crippen molar-refractivity contribution in [3.63, 3.8) is 0 Å². The number of halogens is 4. The molecule has 1 heterocycles. The second-order valence-electron chi connectivity index (χ2n) is 5.41. The Balaban J connectivity index is 2.07. The Morgan fingerprint density at radius 1 is 0.962 bits per heavy atom. The number of aromatic nitrogens is 2. The number of hydrogen-bond acceptors (Lipinski definition) is 4. The van der Waals surface area contributed by atoms with Crippen molar-refractivity contribution in [3.8, 4) is 28.3 Å². The number of methoxy groups -OCH3 is 1. The van der Waals surface area contributed by atoms with Gasteiger partial charge in [-0.1, -0.05) is 0 Å². The van der Waals surface area contributed by atoms with Crippen molar-refractivity contribution in [3.05, 3.63) is 60.2 Å². The van der Waals surface area contributed by atoms with Gasteiger partial charge in [0, 0.05) is 11.1 Å². The minimum Gasteiger partial charge on any atom is -0.497 e. The maximum absolute atomic E-state index is 14.2. The van der Waals surface area contributed by atoms with Crippen LogP contribution in [0.1, 0.15) is 5.56 Å². The van der Waals surface area contributed by atoms with Gasteiger partial charge < -0.3 is 10.5 Å². The van der Waals surface area contributed by atoms with E-state index in [0.717, 1.165) is 12.1 Å². The lowest BCUT2D eigenvalue weighted by Crippen LogP contribution is -2.06. The van der Waals surface area contributed by atoms with E-state index in [4.69, 9.17) is 10.5 Å². The summed E-state index contributed by atoms with van der Waals surface area (Å²) in [6.07, 6.45) is -3.45. The number of benzene rings is 2. The van der Waals surface area contributed by atoms with Crippen molar-refractivity contribution in [2.75, 3.05) is 12.8 Å². The topological polar surface area (TPSA) is 61.0 Å². The summed E-state index contributed by atoms with van der Waals surface area (Å²) >= 11 is 0. The second-order valence-corrected chi connectivity index (χ2v) is 5.41. The molecule has 8 heteroatoms. The van der Waals surface area contributed by atoms with Crippen LogP contribution < -0.4 is 10.5 Å². The van der Waals surface area contributed by atoms with Crippen LogP contribution in [0, 0.1) is 5.82 Å². The molecule has 3 aromatic rings. The van der Waals surface area contributed by atoms with E-state index in [2.05, 4.69) is 9.97 Å². The van der Waals surface area contributed by atoms with Gasteiger partial charge in [0.25, 0.3) is 0 Å². The highest BCUT2D eigenvalue weighted by molar-refractivity contribution is 5.84. The molecule has 0 unspecified atom stereocenters. The highest BCUT2D eigenvalue weighted by Crippen LogP contribution is 2.36. The van der Waals surface area contributed by atoms with Crippen molar-refractivity contribution < 1.29 is 22.3 Å². The molecule has 0 amide bonds. The van der Waals surface area contributed by atoms with Crippen LogP contribution in [-0.2, 0) is 6.18 Å². The smallest absolute Gasteiger partial charge is 0.416 e. The van der Waals surface area contributed by atoms with Crippen LogP contribution in [0.2, 0.25) is 0 Å². The first-order valence-corrected chi connectivity index (χ1v) is 7.43. The van der Waals surface area contributed by atoms with Crippen LogP contribution in [0.5, 0.6) is 5.75 Å². The standard InChI is InChI=1S/C18H13F4N3O/c1-26-12-5-2-10(3-6-12)16-15(23)17(25-9-24-16)13-7-4-11(8-14(13)19)18(20,21)22/h2-9H,23H2,1H3. The molecule has 0 spiro atoms. The molecular weight excluding hydrogens is 350 g/mol. The van der Waals surface area contributed by atoms with Crippen molar-refractivity contribution in [1.82, 2.24) is 9.97 Å². The molecule has 0 saturated heterocycles. The summed E-state index contributed by atoms with van der Waals surface area (Å²) in [5.74, 6) is -0.429. The molecule has 0 fully saturated rings. The summed E-state index contributed by atoms with van der Waals surface area (Å²) in [7, 11) is 1.53. The molecule has 2 N–H and O–H groups in total. The third-order valence-electron chi connectivity index (χ3n) is 3.80. The first kappa shape index (κ1) is 17.7. The van der Waals surface area contributed by atoms with E-state index in [1.54, 1.807) is 24.3 Å². The summed E-state index contributed by atoms with van der Waals surface area (Å²) in [6, 6.07) is 9.05. The molecule has 0 bridgehead atoms. The van der Waals surface area contributed by atoms with E-state index < -0.39 is 17.6 Å². The summed E-state index contributed by atoms with van der Waals surface area (Å²) in [4.78, 5) is 8.04. The third kappa shape index (κ3) is 3.30. The number of hydrogen-bond donors (Lipinski definition) is 1. The van der Waals surface area contributed by atoms with Crippen molar-refractivity contribution in [2.45, 2.75) is 6.18 Å². The molecule has 0 saturated carbocycles. The molecule has 0 atom stereocenters. The minimum atomic E-state index is -4.63. The number of ether oxygens (including phenoxy) is 1. The molecule has 0 aliphatic carbocycles. The second kappa shape index (κ2) is 6.62. The largest absolute Gasteiger partial charge is 0.497 e. The predicted molar refractivity (Wildman–Crippen MR) is 88.8 cm³/mol.